The Kier molecular flexibility index (Phi) is 4.48. The Balaban J connectivity index is 2.22. The predicted octanol–water partition coefficient (Wildman–Crippen LogP) is 3.32. The summed E-state index contributed by atoms with van der Waals surface area (Å²) in [6.45, 7) is 2.30. The van der Waals surface area contributed by atoms with E-state index in [1.165, 1.54) is 0 Å². The molecule has 0 spiro atoms. The molecule has 2 rings (SSSR count). The summed E-state index contributed by atoms with van der Waals surface area (Å²) in [7, 11) is 0. The van der Waals surface area contributed by atoms with Gasteiger partial charge in [0.2, 0.25) is 0 Å². The molecule has 0 atom stereocenters. The van der Waals surface area contributed by atoms with Gasteiger partial charge in [-0.05, 0) is 42.3 Å². The summed E-state index contributed by atoms with van der Waals surface area (Å²) < 4.78 is 5.75. The maximum Gasteiger partial charge on any atom is 0.173 e. The number of nitrogens with zero attached hydrogens (tertiary/aromatic N) is 1. The molecule has 0 amide bonds. The summed E-state index contributed by atoms with van der Waals surface area (Å²) in [6.07, 6.45) is 0. The van der Waals surface area contributed by atoms with Crippen molar-refractivity contribution in [2.45, 2.75) is 13.5 Å². The normalized spacial score (nSPS) is 11.4. The third-order valence-corrected chi connectivity index (χ3v) is 3.04. The van der Waals surface area contributed by atoms with Crippen LogP contribution in [0.2, 0.25) is 5.02 Å². The lowest BCUT2D eigenvalue weighted by Gasteiger charge is -2.11. The number of hydrogen-bond acceptors (Lipinski definition) is 3. The molecule has 4 nitrogen and oxygen atoms in total. The summed E-state index contributed by atoms with van der Waals surface area (Å²) in [5.74, 6) is 0.589. The molecule has 0 aliphatic rings. The highest BCUT2D eigenvalue weighted by atomic mass is 35.5. The molecule has 104 valence electrons. The van der Waals surface area contributed by atoms with E-state index in [9.17, 15) is 0 Å². The number of hydrogen-bond donors (Lipinski definition) is 2. The van der Waals surface area contributed by atoms with Crippen LogP contribution in [-0.2, 0) is 6.61 Å². The highest BCUT2D eigenvalue weighted by Crippen LogP contribution is 2.22. The molecule has 3 N–H and O–H groups in total. The Morgan fingerprint density at radius 3 is 2.80 bits per heavy atom. The lowest BCUT2D eigenvalue weighted by atomic mass is 10.1. The molecule has 5 heteroatoms. The summed E-state index contributed by atoms with van der Waals surface area (Å²) in [4.78, 5) is 0. The zero-order valence-corrected chi connectivity index (χ0v) is 11.8. The number of oxime groups is 1. The summed E-state index contributed by atoms with van der Waals surface area (Å²) in [5.41, 5.74) is 8.17. The molecular formula is C15H15ClN2O2. The van der Waals surface area contributed by atoms with Crippen molar-refractivity contribution in [1.29, 1.82) is 0 Å². The molecule has 2 aromatic carbocycles. The molecule has 0 aliphatic carbocycles. The van der Waals surface area contributed by atoms with Gasteiger partial charge in [0.1, 0.15) is 12.4 Å². The van der Waals surface area contributed by atoms with Crippen molar-refractivity contribution >= 4 is 17.4 Å². The summed E-state index contributed by atoms with van der Waals surface area (Å²) >= 11 is 5.93. The van der Waals surface area contributed by atoms with Crippen LogP contribution in [-0.4, -0.2) is 11.0 Å². The average Bonchev–Trinajstić information content (AvgIpc) is 2.44. The molecule has 2 aromatic rings. The number of ether oxygens (including phenoxy) is 1. The topological polar surface area (TPSA) is 67.8 Å². The Morgan fingerprint density at radius 1 is 1.30 bits per heavy atom. The van der Waals surface area contributed by atoms with Crippen LogP contribution < -0.4 is 10.5 Å². The molecular weight excluding hydrogens is 276 g/mol. The van der Waals surface area contributed by atoms with E-state index in [2.05, 4.69) is 5.16 Å². The van der Waals surface area contributed by atoms with Gasteiger partial charge in [-0.25, -0.2) is 0 Å². The fraction of sp³-hybridized carbons (Fsp3) is 0.133. The van der Waals surface area contributed by atoms with Crippen molar-refractivity contribution in [1.82, 2.24) is 0 Å². The van der Waals surface area contributed by atoms with E-state index >= 15 is 0 Å². The maximum atomic E-state index is 8.79. The maximum absolute atomic E-state index is 8.79. The Hall–Kier alpha value is -2.20. The van der Waals surface area contributed by atoms with Gasteiger partial charge in [0, 0.05) is 5.02 Å². The van der Waals surface area contributed by atoms with Gasteiger partial charge in [-0.2, -0.15) is 0 Å². The first kappa shape index (κ1) is 14.2. The number of aryl methyl sites for hydroxylation is 1. The lowest BCUT2D eigenvalue weighted by molar-refractivity contribution is 0.303. The highest BCUT2D eigenvalue weighted by Gasteiger charge is 2.09. The zero-order chi connectivity index (χ0) is 14.5. The minimum Gasteiger partial charge on any atom is -0.488 e. The lowest BCUT2D eigenvalue weighted by Crippen LogP contribution is -2.15. The van der Waals surface area contributed by atoms with Crippen LogP contribution in [0.25, 0.3) is 0 Å². The van der Waals surface area contributed by atoms with Gasteiger partial charge in [-0.15, -0.1) is 0 Å². The third kappa shape index (κ3) is 3.42. The highest BCUT2D eigenvalue weighted by molar-refractivity contribution is 6.30. The van der Waals surface area contributed by atoms with Gasteiger partial charge >= 0.3 is 0 Å². The van der Waals surface area contributed by atoms with Crippen LogP contribution in [0.15, 0.2) is 47.6 Å². The molecule has 0 saturated heterocycles. The monoisotopic (exact) mass is 290 g/mol. The van der Waals surface area contributed by atoms with Crippen LogP contribution in [0.1, 0.15) is 16.7 Å². The van der Waals surface area contributed by atoms with E-state index < -0.39 is 0 Å². The minimum absolute atomic E-state index is 0.0195. The van der Waals surface area contributed by atoms with E-state index in [1.807, 2.05) is 37.3 Å². The van der Waals surface area contributed by atoms with Crippen LogP contribution in [0.5, 0.6) is 5.75 Å². The van der Waals surface area contributed by atoms with Crippen molar-refractivity contribution in [2.24, 2.45) is 10.9 Å². The van der Waals surface area contributed by atoms with Crippen molar-refractivity contribution in [3.63, 3.8) is 0 Å². The molecule has 0 aromatic heterocycles. The first-order valence-electron chi connectivity index (χ1n) is 6.06. The summed E-state index contributed by atoms with van der Waals surface area (Å²) in [6, 6.07) is 12.9. The molecule has 0 radical (unpaired) electrons. The van der Waals surface area contributed by atoms with E-state index in [4.69, 9.17) is 27.3 Å². The summed E-state index contributed by atoms with van der Waals surface area (Å²) in [5, 5.41) is 12.5. The molecule has 0 aliphatic heterocycles. The largest absolute Gasteiger partial charge is 0.488 e. The van der Waals surface area contributed by atoms with Gasteiger partial charge in [0.05, 0.1) is 5.56 Å². The number of rotatable bonds is 4. The molecule has 0 bridgehead atoms. The van der Waals surface area contributed by atoms with Crippen LogP contribution in [0.3, 0.4) is 0 Å². The number of amidine groups is 1. The van der Waals surface area contributed by atoms with Gasteiger partial charge in [0.25, 0.3) is 0 Å². The smallest absolute Gasteiger partial charge is 0.173 e. The quantitative estimate of drug-likeness (QED) is 0.393. The Bertz CT molecular complexity index is 642. The third-order valence-electron chi connectivity index (χ3n) is 2.80. The standard InChI is InChI=1S/C15H15ClN2O2/c1-10-5-6-13(15(17)18-19)14(7-10)20-9-11-3-2-4-12(16)8-11/h2-8,19H,9H2,1H3,(H2,17,18). The minimum atomic E-state index is 0.0195. The molecule has 20 heavy (non-hydrogen) atoms. The SMILES string of the molecule is Cc1ccc(C(N)=NO)c(OCc2cccc(Cl)c2)c1. The van der Waals surface area contributed by atoms with E-state index in [1.54, 1.807) is 12.1 Å². The predicted molar refractivity (Wildman–Crippen MR) is 79.5 cm³/mol. The fourth-order valence-corrected chi connectivity index (χ4v) is 2.02. The average molecular weight is 291 g/mol. The molecule has 0 unspecified atom stereocenters. The first-order valence-corrected chi connectivity index (χ1v) is 6.43. The van der Waals surface area contributed by atoms with Crippen LogP contribution >= 0.6 is 11.6 Å². The van der Waals surface area contributed by atoms with E-state index in [0.29, 0.717) is 22.9 Å². The Labute approximate surface area is 122 Å². The van der Waals surface area contributed by atoms with E-state index in [0.717, 1.165) is 11.1 Å². The van der Waals surface area contributed by atoms with Gasteiger partial charge in [-0.1, -0.05) is 35.0 Å². The van der Waals surface area contributed by atoms with Crippen molar-refractivity contribution in [3.8, 4) is 5.75 Å². The van der Waals surface area contributed by atoms with Gasteiger partial charge in [-0.3, -0.25) is 0 Å². The number of benzene rings is 2. The van der Waals surface area contributed by atoms with Gasteiger partial charge in [0.15, 0.2) is 5.84 Å². The Morgan fingerprint density at radius 2 is 2.10 bits per heavy atom. The number of nitrogens with two attached hydrogens (primary N) is 1. The first-order chi connectivity index (χ1) is 9.60. The number of halogens is 1. The van der Waals surface area contributed by atoms with Crippen LogP contribution in [0, 0.1) is 6.92 Å². The van der Waals surface area contributed by atoms with Gasteiger partial charge < -0.3 is 15.7 Å². The molecule has 0 heterocycles. The zero-order valence-electron chi connectivity index (χ0n) is 11.0. The second-order valence-electron chi connectivity index (χ2n) is 4.40. The van der Waals surface area contributed by atoms with Crippen molar-refractivity contribution in [2.75, 3.05) is 0 Å². The van der Waals surface area contributed by atoms with Crippen molar-refractivity contribution < 1.29 is 9.94 Å². The fourth-order valence-electron chi connectivity index (χ4n) is 1.80. The second kappa shape index (κ2) is 6.30. The van der Waals surface area contributed by atoms with E-state index in [-0.39, 0.29) is 5.84 Å². The molecule has 0 fully saturated rings. The van der Waals surface area contributed by atoms with Crippen molar-refractivity contribution in [3.05, 3.63) is 64.2 Å². The second-order valence-corrected chi connectivity index (χ2v) is 4.84. The molecule has 0 saturated carbocycles. The van der Waals surface area contributed by atoms with Crippen LogP contribution in [0.4, 0.5) is 0 Å².